The maximum atomic E-state index is 11.2. The zero-order valence-corrected chi connectivity index (χ0v) is 12.9. The summed E-state index contributed by atoms with van der Waals surface area (Å²) in [6.45, 7) is 4.95. The minimum atomic E-state index is -3.63. The third-order valence-corrected chi connectivity index (χ3v) is 4.22. The number of aromatic nitrogens is 2. The topological polar surface area (TPSA) is 90.0 Å². The van der Waals surface area contributed by atoms with Gasteiger partial charge in [-0.3, -0.25) is 0 Å². The first kappa shape index (κ1) is 15.7. The fourth-order valence-electron chi connectivity index (χ4n) is 2.23. The van der Waals surface area contributed by atoms with Crippen molar-refractivity contribution in [3.05, 3.63) is 48.5 Å². The van der Waals surface area contributed by atoms with Crippen molar-refractivity contribution in [1.82, 2.24) is 14.9 Å². The molecule has 0 aliphatic carbocycles. The minimum Gasteiger partial charge on any atom is -0.336 e. The van der Waals surface area contributed by atoms with Crippen LogP contribution in [0.2, 0.25) is 0 Å². The molecule has 6 nitrogen and oxygen atoms in total. The number of hydrogen-bond donors (Lipinski definition) is 2. The molecule has 7 heteroatoms. The van der Waals surface area contributed by atoms with Gasteiger partial charge in [0.05, 0.1) is 11.2 Å². The maximum Gasteiger partial charge on any atom is 0.238 e. The first-order valence-electron chi connectivity index (χ1n) is 6.71. The van der Waals surface area contributed by atoms with E-state index in [0.717, 1.165) is 12.1 Å². The Morgan fingerprint density at radius 3 is 2.48 bits per heavy atom. The molecule has 3 N–H and O–H groups in total. The Hall–Kier alpha value is -1.70. The van der Waals surface area contributed by atoms with E-state index in [-0.39, 0.29) is 17.0 Å². The van der Waals surface area contributed by atoms with Crippen LogP contribution in [0.15, 0.2) is 47.9 Å². The van der Waals surface area contributed by atoms with Crippen LogP contribution in [0.4, 0.5) is 0 Å². The predicted molar refractivity (Wildman–Crippen MR) is 81.1 cm³/mol. The summed E-state index contributed by atoms with van der Waals surface area (Å²) < 4.78 is 24.5. The zero-order chi connectivity index (χ0) is 15.5. The minimum absolute atomic E-state index is 0.109. The third kappa shape index (κ3) is 4.38. The van der Waals surface area contributed by atoms with Gasteiger partial charge in [-0.25, -0.2) is 18.5 Å². The van der Waals surface area contributed by atoms with E-state index in [2.05, 4.69) is 17.2 Å². The Morgan fingerprint density at radius 1 is 1.29 bits per heavy atom. The lowest BCUT2D eigenvalue weighted by atomic mass is 10.1. The van der Waals surface area contributed by atoms with Gasteiger partial charge >= 0.3 is 0 Å². The Kier molecular flexibility index (Phi) is 4.76. The van der Waals surface area contributed by atoms with Crippen LogP contribution in [0.25, 0.3) is 0 Å². The number of sulfonamides is 1. The first-order valence-corrected chi connectivity index (χ1v) is 8.25. The lowest BCUT2D eigenvalue weighted by Gasteiger charge is -2.21. The summed E-state index contributed by atoms with van der Waals surface area (Å²) in [6.07, 6.45) is 5.45. The fraction of sp³-hybridized carbons (Fsp3) is 0.357. The van der Waals surface area contributed by atoms with E-state index in [4.69, 9.17) is 5.14 Å². The van der Waals surface area contributed by atoms with Crippen molar-refractivity contribution in [2.45, 2.75) is 37.4 Å². The molecule has 0 saturated heterocycles. The van der Waals surface area contributed by atoms with Crippen molar-refractivity contribution in [3.8, 4) is 0 Å². The molecule has 114 valence electrons. The van der Waals surface area contributed by atoms with Crippen LogP contribution in [-0.4, -0.2) is 24.0 Å². The van der Waals surface area contributed by atoms with Gasteiger partial charge in [0.25, 0.3) is 0 Å². The van der Waals surface area contributed by atoms with Crippen LogP contribution < -0.4 is 10.5 Å². The molecule has 2 atom stereocenters. The largest absolute Gasteiger partial charge is 0.336 e. The van der Waals surface area contributed by atoms with E-state index >= 15 is 0 Å². The lowest BCUT2D eigenvalue weighted by molar-refractivity contribution is 0.430. The number of nitrogens with two attached hydrogens (primary N) is 1. The van der Waals surface area contributed by atoms with E-state index in [0.29, 0.717) is 0 Å². The van der Waals surface area contributed by atoms with Crippen LogP contribution >= 0.6 is 0 Å². The van der Waals surface area contributed by atoms with Gasteiger partial charge in [0.1, 0.15) is 0 Å². The summed E-state index contributed by atoms with van der Waals surface area (Å²) in [7, 11) is -3.63. The van der Waals surface area contributed by atoms with Gasteiger partial charge in [0.2, 0.25) is 10.0 Å². The quantitative estimate of drug-likeness (QED) is 0.841. The highest BCUT2D eigenvalue weighted by molar-refractivity contribution is 7.89. The van der Waals surface area contributed by atoms with Crippen molar-refractivity contribution in [1.29, 1.82) is 0 Å². The second-order valence-electron chi connectivity index (χ2n) is 5.16. The van der Waals surface area contributed by atoms with E-state index in [1.807, 2.05) is 17.7 Å². The average molecular weight is 308 g/mol. The van der Waals surface area contributed by atoms with Crippen LogP contribution in [0, 0.1) is 0 Å². The molecule has 0 spiro atoms. The molecule has 0 aliphatic heterocycles. The Balaban J connectivity index is 1.98. The Labute approximate surface area is 125 Å². The van der Waals surface area contributed by atoms with E-state index in [1.165, 1.54) is 12.1 Å². The fourth-order valence-corrected chi connectivity index (χ4v) is 2.75. The molecular formula is C14H20N4O2S. The van der Waals surface area contributed by atoms with E-state index < -0.39 is 10.0 Å². The number of primary sulfonamides is 1. The number of benzene rings is 1. The molecule has 1 aromatic heterocycles. The van der Waals surface area contributed by atoms with Crippen molar-refractivity contribution in [3.63, 3.8) is 0 Å². The summed E-state index contributed by atoms with van der Waals surface area (Å²) >= 11 is 0. The third-order valence-electron chi connectivity index (χ3n) is 3.29. The van der Waals surface area contributed by atoms with Crippen LogP contribution in [0.5, 0.6) is 0 Å². The van der Waals surface area contributed by atoms with E-state index in [9.17, 15) is 8.42 Å². The number of nitrogens with one attached hydrogen (secondary N) is 1. The predicted octanol–water partition coefficient (Wildman–Crippen LogP) is 1.27. The molecule has 2 aromatic rings. The lowest BCUT2D eigenvalue weighted by Crippen LogP contribution is -2.32. The average Bonchev–Trinajstić information content (AvgIpc) is 2.90. The van der Waals surface area contributed by atoms with Crippen molar-refractivity contribution >= 4 is 10.0 Å². The molecule has 0 fully saturated rings. The summed E-state index contributed by atoms with van der Waals surface area (Å²) in [6, 6.07) is 6.99. The van der Waals surface area contributed by atoms with Gasteiger partial charge < -0.3 is 9.88 Å². The van der Waals surface area contributed by atoms with E-state index in [1.54, 1.807) is 24.7 Å². The molecule has 2 unspecified atom stereocenters. The SMILES string of the molecule is CC(Cn1ccnc1)NC(C)c1ccc(S(N)(=O)=O)cc1. The summed E-state index contributed by atoms with van der Waals surface area (Å²) in [4.78, 5) is 4.14. The highest BCUT2D eigenvalue weighted by atomic mass is 32.2. The van der Waals surface area contributed by atoms with Gasteiger partial charge in [-0.1, -0.05) is 12.1 Å². The summed E-state index contributed by atoms with van der Waals surface area (Å²) in [5, 5.41) is 8.55. The molecule has 0 bridgehead atoms. The molecule has 0 aliphatic rings. The van der Waals surface area contributed by atoms with Gasteiger partial charge in [0.15, 0.2) is 0 Å². The monoisotopic (exact) mass is 308 g/mol. The molecule has 0 amide bonds. The number of imidazole rings is 1. The van der Waals surface area contributed by atoms with Crippen molar-refractivity contribution in [2.24, 2.45) is 5.14 Å². The molecule has 0 saturated carbocycles. The highest BCUT2D eigenvalue weighted by Gasteiger charge is 2.12. The van der Waals surface area contributed by atoms with Gasteiger partial charge in [0, 0.05) is 31.0 Å². The van der Waals surface area contributed by atoms with Gasteiger partial charge in [-0.05, 0) is 31.5 Å². The van der Waals surface area contributed by atoms with Gasteiger partial charge in [-0.15, -0.1) is 0 Å². The Bertz CT molecular complexity index is 666. The number of nitrogens with zero attached hydrogens (tertiary/aromatic N) is 2. The molecule has 0 radical (unpaired) electrons. The van der Waals surface area contributed by atoms with Crippen LogP contribution in [-0.2, 0) is 16.6 Å². The van der Waals surface area contributed by atoms with Gasteiger partial charge in [-0.2, -0.15) is 0 Å². The Morgan fingerprint density at radius 2 is 1.95 bits per heavy atom. The summed E-state index contributed by atoms with van der Waals surface area (Å²) in [5.41, 5.74) is 1.01. The molecule has 21 heavy (non-hydrogen) atoms. The molecular weight excluding hydrogens is 288 g/mol. The smallest absolute Gasteiger partial charge is 0.238 e. The second-order valence-corrected chi connectivity index (χ2v) is 6.72. The highest BCUT2D eigenvalue weighted by Crippen LogP contribution is 2.16. The maximum absolute atomic E-state index is 11.2. The molecule has 1 aromatic carbocycles. The zero-order valence-electron chi connectivity index (χ0n) is 12.1. The normalized spacial score (nSPS) is 14.8. The van der Waals surface area contributed by atoms with Crippen LogP contribution in [0.1, 0.15) is 25.5 Å². The summed E-state index contributed by atoms with van der Waals surface area (Å²) in [5.74, 6) is 0. The van der Waals surface area contributed by atoms with Crippen molar-refractivity contribution < 1.29 is 8.42 Å². The molecule has 1 heterocycles. The number of rotatable bonds is 6. The van der Waals surface area contributed by atoms with Crippen LogP contribution in [0.3, 0.4) is 0 Å². The second kappa shape index (κ2) is 6.38. The molecule has 2 rings (SSSR count). The first-order chi connectivity index (χ1) is 9.86. The van der Waals surface area contributed by atoms with Crippen molar-refractivity contribution in [2.75, 3.05) is 0 Å². The number of hydrogen-bond acceptors (Lipinski definition) is 4. The standard InChI is InChI=1S/C14H20N4O2S/c1-11(9-18-8-7-16-10-18)17-12(2)13-3-5-14(6-4-13)21(15,19)20/h3-8,10-12,17H,9H2,1-2H3,(H2,15,19,20).